The summed E-state index contributed by atoms with van der Waals surface area (Å²) in [6.07, 6.45) is -1.32. The minimum atomic E-state index is -1.38. The number of aliphatic hydroxyl groups is 2. The van der Waals surface area contributed by atoms with Crippen LogP contribution in [0, 0.1) is 0 Å². The van der Waals surface area contributed by atoms with Crippen LogP contribution in [-0.4, -0.2) is 70.2 Å². The zero-order valence-corrected chi connectivity index (χ0v) is 22.2. The van der Waals surface area contributed by atoms with Gasteiger partial charge in [0.2, 0.25) is 0 Å². The van der Waals surface area contributed by atoms with Crippen molar-refractivity contribution in [1.82, 2.24) is 4.90 Å². The van der Waals surface area contributed by atoms with Crippen molar-refractivity contribution in [2.45, 2.75) is 44.1 Å². The number of carboxylic acids is 1. The normalized spacial score (nSPS) is 19.2. The molecule has 3 aliphatic rings. The van der Waals surface area contributed by atoms with E-state index in [1.165, 1.54) is 12.1 Å². The lowest BCUT2D eigenvalue weighted by atomic mass is 9.98. The van der Waals surface area contributed by atoms with Crippen LogP contribution in [0.3, 0.4) is 0 Å². The molecule has 0 bridgehead atoms. The van der Waals surface area contributed by atoms with E-state index in [4.69, 9.17) is 14.6 Å². The lowest BCUT2D eigenvalue weighted by molar-refractivity contribution is -0.137. The number of benzene rings is 3. The quantitative estimate of drug-likeness (QED) is 0.399. The molecule has 2 heterocycles. The third-order valence-corrected chi connectivity index (χ3v) is 8.11. The van der Waals surface area contributed by atoms with Crippen LogP contribution < -0.4 is 9.64 Å². The Labute approximate surface area is 236 Å². The molecular weight excluding hydrogens is 528 g/mol. The van der Waals surface area contributed by atoms with Gasteiger partial charge in [0.25, 0.3) is 5.91 Å². The first kappa shape index (κ1) is 26.8. The van der Waals surface area contributed by atoms with Gasteiger partial charge in [-0.1, -0.05) is 48.5 Å². The molecule has 2 aliphatic heterocycles. The number of ether oxygens (including phenoxy) is 2. The number of carbonyl (C=O) groups excluding carboxylic acids is 2. The molecule has 3 N–H and O–H groups in total. The number of aliphatic hydroxyl groups excluding tert-OH is 2. The molecule has 1 aliphatic carbocycles. The summed E-state index contributed by atoms with van der Waals surface area (Å²) in [5.74, 6) is -1.52. The number of fused-ring (bicyclic) bond motifs is 5. The van der Waals surface area contributed by atoms with E-state index in [-0.39, 0.29) is 54.0 Å². The topological polar surface area (TPSA) is 137 Å². The molecule has 212 valence electrons. The Bertz CT molecular complexity index is 1480. The smallest absolute Gasteiger partial charge is 0.416 e. The van der Waals surface area contributed by atoms with Gasteiger partial charge in [0.15, 0.2) is 6.23 Å². The fourth-order valence-electron chi connectivity index (χ4n) is 6.18. The molecule has 2 atom stereocenters. The van der Waals surface area contributed by atoms with Crippen LogP contribution in [0.1, 0.15) is 52.2 Å². The largest absolute Gasteiger partial charge is 0.493 e. The molecule has 1 fully saturated rings. The van der Waals surface area contributed by atoms with E-state index in [1.807, 2.05) is 48.5 Å². The maximum Gasteiger partial charge on any atom is 0.416 e. The van der Waals surface area contributed by atoms with Crippen LogP contribution >= 0.6 is 0 Å². The van der Waals surface area contributed by atoms with Gasteiger partial charge in [-0.25, -0.2) is 9.69 Å². The Morgan fingerprint density at radius 1 is 0.976 bits per heavy atom. The van der Waals surface area contributed by atoms with Crippen molar-refractivity contribution in [3.8, 4) is 16.9 Å². The zero-order chi connectivity index (χ0) is 28.7. The molecule has 0 aromatic heterocycles. The average Bonchev–Trinajstić information content (AvgIpc) is 3.57. The van der Waals surface area contributed by atoms with Crippen LogP contribution in [0.15, 0.2) is 60.7 Å². The number of nitrogens with zero attached hydrogens (tertiary/aromatic N) is 2. The minimum Gasteiger partial charge on any atom is -0.493 e. The summed E-state index contributed by atoms with van der Waals surface area (Å²) < 4.78 is 11.5. The van der Waals surface area contributed by atoms with Gasteiger partial charge in [-0.2, -0.15) is 0 Å². The standard InChI is InChI=1S/C31H30N2O8/c34-16-18-14-23-26(15-27(18)40-13-11-28(35)36)33(30(38)25-10-5-12-32(25)29(23)37)31(39)41-17-24-21-8-3-1-6-19(21)20-7-2-4-9-22(20)24/h1-4,6-9,14-15,24-25,30,34,38H,5,10-13,16-17H2,(H,35,36)/t25-,30-/m0/s1. The number of carbonyl (C=O) groups is 3. The number of aliphatic carboxylic acids is 1. The lowest BCUT2D eigenvalue weighted by Crippen LogP contribution is -2.51. The molecule has 0 radical (unpaired) electrons. The van der Waals surface area contributed by atoms with Gasteiger partial charge in [0.1, 0.15) is 12.4 Å². The summed E-state index contributed by atoms with van der Waals surface area (Å²) in [5.41, 5.74) is 4.71. The van der Waals surface area contributed by atoms with Crippen LogP contribution in [0.2, 0.25) is 0 Å². The van der Waals surface area contributed by atoms with Crippen LogP contribution in [0.4, 0.5) is 10.5 Å². The molecule has 3 aromatic rings. The Hall–Kier alpha value is -4.41. The number of hydrogen-bond donors (Lipinski definition) is 3. The number of rotatable bonds is 7. The highest BCUT2D eigenvalue weighted by atomic mass is 16.6. The highest BCUT2D eigenvalue weighted by Crippen LogP contribution is 2.45. The van der Waals surface area contributed by atoms with E-state index in [1.54, 1.807) is 4.90 Å². The monoisotopic (exact) mass is 558 g/mol. The van der Waals surface area contributed by atoms with Crippen molar-refractivity contribution in [1.29, 1.82) is 0 Å². The Morgan fingerprint density at radius 3 is 2.32 bits per heavy atom. The van der Waals surface area contributed by atoms with Gasteiger partial charge in [-0.15, -0.1) is 0 Å². The van der Waals surface area contributed by atoms with E-state index in [2.05, 4.69) is 0 Å². The van der Waals surface area contributed by atoms with Crippen molar-refractivity contribution in [2.75, 3.05) is 24.7 Å². The first-order valence-corrected chi connectivity index (χ1v) is 13.6. The predicted octanol–water partition coefficient (Wildman–Crippen LogP) is 3.72. The third kappa shape index (κ3) is 4.68. The predicted molar refractivity (Wildman–Crippen MR) is 148 cm³/mol. The van der Waals surface area contributed by atoms with Gasteiger partial charge in [-0.3, -0.25) is 9.59 Å². The second-order valence-corrected chi connectivity index (χ2v) is 10.4. The van der Waals surface area contributed by atoms with Crippen molar-refractivity contribution in [3.05, 3.63) is 82.9 Å². The second-order valence-electron chi connectivity index (χ2n) is 10.4. The zero-order valence-electron chi connectivity index (χ0n) is 22.2. The summed E-state index contributed by atoms with van der Waals surface area (Å²) in [7, 11) is 0. The summed E-state index contributed by atoms with van der Waals surface area (Å²) in [6.45, 7) is -0.217. The average molecular weight is 559 g/mol. The third-order valence-electron chi connectivity index (χ3n) is 8.11. The number of anilines is 1. The van der Waals surface area contributed by atoms with Crippen molar-refractivity contribution >= 4 is 23.7 Å². The SMILES string of the molecule is O=C(O)CCOc1cc2c(cc1CO)C(=O)N1CCC[C@H]1[C@H](O)N2C(=O)OCC1c2ccccc2-c2ccccc21. The fraction of sp³-hybridized carbons (Fsp3) is 0.323. The highest BCUT2D eigenvalue weighted by molar-refractivity contribution is 6.05. The molecule has 0 saturated carbocycles. The lowest BCUT2D eigenvalue weighted by Gasteiger charge is -2.32. The van der Waals surface area contributed by atoms with Gasteiger partial charge < -0.3 is 29.7 Å². The Kier molecular flexibility index (Phi) is 7.10. The first-order valence-electron chi connectivity index (χ1n) is 13.6. The second kappa shape index (κ2) is 10.9. The molecule has 1 saturated heterocycles. The molecule has 0 unspecified atom stereocenters. The van der Waals surface area contributed by atoms with Crippen molar-refractivity contribution in [2.24, 2.45) is 0 Å². The molecule has 0 spiro atoms. The Morgan fingerprint density at radius 2 is 1.66 bits per heavy atom. The molecule has 3 aromatic carbocycles. The van der Waals surface area contributed by atoms with Crippen LogP contribution in [0.25, 0.3) is 11.1 Å². The number of hydrogen-bond acceptors (Lipinski definition) is 7. The van der Waals surface area contributed by atoms with Gasteiger partial charge in [-0.05, 0) is 41.2 Å². The maximum absolute atomic E-state index is 13.8. The summed E-state index contributed by atoms with van der Waals surface area (Å²) in [5, 5.41) is 30.5. The molecule has 6 rings (SSSR count). The van der Waals surface area contributed by atoms with Crippen molar-refractivity contribution < 1.29 is 39.2 Å². The van der Waals surface area contributed by atoms with Crippen LogP contribution in [0.5, 0.6) is 5.75 Å². The van der Waals surface area contributed by atoms with Crippen molar-refractivity contribution in [3.63, 3.8) is 0 Å². The molecular formula is C31H30N2O8. The van der Waals surface area contributed by atoms with E-state index in [0.717, 1.165) is 27.2 Å². The van der Waals surface area contributed by atoms with E-state index in [9.17, 15) is 24.6 Å². The molecule has 10 nitrogen and oxygen atoms in total. The van der Waals surface area contributed by atoms with E-state index in [0.29, 0.717) is 19.4 Å². The minimum absolute atomic E-state index is 0.0183. The number of amides is 2. The molecule has 41 heavy (non-hydrogen) atoms. The maximum atomic E-state index is 13.8. The van der Waals surface area contributed by atoms with E-state index >= 15 is 0 Å². The van der Waals surface area contributed by atoms with Crippen LogP contribution in [-0.2, 0) is 16.1 Å². The number of carboxylic acid groups (broad SMARTS) is 1. The molecule has 2 amide bonds. The highest BCUT2D eigenvalue weighted by Gasteiger charge is 2.45. The van der Waals surface area contributed by atoms with Gasteiger partial charge in [0, 0.05) is 24.1 Å². The van der Waals surface area contributed by atoms with E-state index < -0.39 is 30.9 Å². The summed E-state index contributed by atoms with van der Waals surface area (Å²) >= 11 is 0. The fourth-order valence-corrected chi connectivity index (χ4v) is 6.18. The molecule has 10 heteroatoms. The first-order chi connectivity index (χ1) is 19.9. The summed E-state index contributed by atoms with van der Waals surface area (Å²) in [6, 6.07) is 18.1. The van der Waals surface area contributed by atoms with Gasteiger partial charge >= 0.3 is 12.1 Å². The summed E-state index contributed by atoms with van der Waals surface area (Å²) in [4.78, 5) is 41.1. The Balaban J connectivity index is 1.35. The van der Waals surface area contributed by atoms with Gasteiger partial charge in [0.05, 0.1) is 36.9 Å².